The predicted molar refractivity (Wildman–Crippen MR) is 113 cm³/mol. The highest BCUT2D eigenvalue weighted by molar-refractivity contribution is 5.88. The smallest absolute Gasteiger partial charge is 0.237 e. The SMILES string of the molecule is CCN(CC)C(=O)C[C@H]1C(=O)NCCN1Cc1cccc(Oc2ccccc2)c1. The number of carbonyl (C=O) groups excluding carboxylic acids is 2. The highest BCUT2D eigenvalue weighted by atomic mass is 16.5. The Balaban J connectivity index is 1.70. The first-order valence-electron chi connectivity index (χ1n) is 10.2. The molecule has 0 saturated carbocycles. The molecule has 0 spiro atoms. The number of benzene rings is 2. The summed E-state index contributed by atoms with van der Waals surface area (Å²) in [5, 5.41) is 2.90. The molecule has 0 radical (unpaired) electrons. The van der Waals surface area contributed by atoms with Gasteiger partial charge in [0.05, 0.1) is 12.5 Å². The van der Waals surface area contributed by atoms with E-state index in [0.29, 0.717) is 32.7 Å². The Morgan fingerprint density at radius 1 is 1.10 bits per heavy atom. The van der Waals surface area contributed by atoms with E-state index in [1.165, 1.54) is 0 Å². The number of piperazine rings is 1. The van der Waals surface area contributed by atoms with Gasteiger partial charge in [0.15, 0.2) is 0 Å². The van der Waals surface area contributed by atoms with Crippen LogP contribution in [0.15, 0.2) is 54.6 Å². The summed E-state index contributed by atoms with van der Waals surface area (Å²) >= 11 is 0. The minimum atomic E-state index is -0.449. The zero-order valence-corrected chi connectivity index (χ0v) is 17.1. The summed E-state index contributed by atoms with van der Waals surface area (Å²) in [5.41, 5.74) is 1.05. The van der Waals surface area contributed by atoms with E-state index in [2.05, 4.69) is 10.2 Å². The van der Waals surface area contributed by atoms with Crippen molar-refractivity contribution in [1.82, 2.24) is 15.1 Å². The molecule has 3 rings (SSSR count). The average molecular weight is 396 g/mol. The van der Waals surface area contributed by atoms with Gasteiger partial charge in [-0.25, -0.2) is 0 Å². The lowest BCUT2D eigenvalue weighted by Crippen LogP contribution is -2.56. The number of hydrogen-bond acceptors (Lipinski definition) is 4. The van der Waals surface area contributed by atoms with Crippen molar-refractivity contribution in [2.45, 2.75) is 32.9 Å². The van der Waals surface area contributed by atoms with E-state index in [0.717, 1.165) is 17.1 Å². The summed E-state index contributed by atoms with van der Waals surface area (Å²) in [6, 6.07) is 17.1. The quantitative estimate of drug-likeness (QED) is 0.746. The van der Waals surface area contributed by atoms with Crippen LogP contribution in [0, 0.1) is 0 Å². The molecule has 2 amide bonds. The lowest BCUT2D eigenvalue weighted by molar-refractivity contribution is -0.138. The average Bonchev–Trinajstić information content (AvgIpc) is 2.72. The first-order valence-corrected chi connectivity index (χ1v) is 10.2. The Labute approximate surface area is 172 Å². The molecule has 154 valence electrons. The molecule has 1 aliphatic rings. The largest absolute Gasteiger partial charge is 0.457 e. The van der Waals surface area contributed by atoms with Gasteiger partial charge in [0.25, 0.3) is 0 Å². The second kappa shape index (κ2) is 10.1. The molecule has 1 atom stereocenters. The zero-order chi connectivity index (χ0) is 20.6. The maximum Gasteiger partial charge on any atom is 0.237 e. The molecule has 0 aliphatic carbocycles. The first-order chi connectivity index (χ1) is 14.1. The molecule has 1 aliphatic heterocycles. The van der Waals surface area contributed by atoms with Crippen LogP contribution in [0.4, 0.5) is 0 Å². The van der Waals surface area contributed by atoms with Crippen molar-refractivity contribution in [2.75, 3.05) is 26.2 Å². The van der Waals surface area contributed by atoms with Gasteiger partial charge in [-0.3, -0.25) is 14.5 Å². The Bertz CT molecular complexity index is 821. The van der Waals surface area contributed by atoms with Gasteiger partial charge in [-0.05, 0) is 43.7 Å². The molecule has 0 aromatic heterocycles. The van der Waals surface area contributed by atoms with E-state index in [-0.39, 0.29) is 18.2 Å². The van der Waals surface area contributed by atoms with Crippen LogP contribution in [0.5, 0.6) is 11.5 Å². The Morgan fingerprint density at radius 2 is 1.83 bits per heavy atom. The zero-order valence-electron chi connectivity index (χ0n) is 17.1. The fraction of sp³-hybridized carbons (Fsp3) is 0.391. The molecule has 1 fully saturated rings. The molecule has 6 nitrogen and oxygen atoms in total. The minimum absolute atomic E-state index is 0.0169. The van der Waals surface area contributed by atoms with Gasteiger partial charge in [-0.15, -0.1) is 0 Å². The molecule has 29 heavy (non-hydrogen) atoms. The predicted octanol–water partition coefficient (Wildman–Crippen LogP) is 3.04. The third-order valence-corrected chi connectivity index (χ3v) is 5.19. The van der Waals surface area contributed by atoms with Crippen molar-refractivity contribution in [3.63, 3.8) is 0 Å². The fourth-order valence-electron chi connectivity index (χ4n) is 3.61. The van der Waals surface area contributed by atoms with E-state index in [1.54, 1.807) is 4.90 Å². The van der Waals surface area contributed by atoms with Crippen molar-refractivity contribution in [1.29, 1.82) is 0 Å². The number of rotatable bonds is 8. The highest BCUT2D eigenvalue weighted by Gasteiger charge is 2.32. The van der Waals surface area contributed by atoms with Gasteiger partial charge >= 0.3 is 0 Å². The van der Waals surface area contributed by atoms with E-state index >= 15 is 0 Å². The van der Waals surface area contributed by atoms with Crippen molar-refractivity contribution >= 4 is 11.8 Å². The van der Waals surface area contributed by atoms with Crippen LogP contribution < -0.4 is 10.1 Å². The van der Waals surface area contributed by atoms with Gasteiger partial charge in [0, 0.05) is 32.7 Å². The maximum atomic E-state index is 12.6. The number of nitrogens with zero attached hydrogens (tertiary/aromatic N) is 2. The lowest BCUT2D eigenvalue weighted by Gasteiger charge is -2.35. The van der Waals surface area contributed by atoms with E-state index in [4.69, 9.17) is 4.74 Å². The first kappa shape index (κ1) is 20.9. The Morgan fingerprint density at radius 3 is 2.55 bits per heavy atom. The van der Waals surface area contributed by atoms with Crippen LogP contribution in [-0.2, 0) is 16.1 Å². The summed E-state index contributed by atoms with van der Waals surface area (Å²) < 4.78 is 5.92. The molecule has 0 unspecified atom stereocenters. The van der Waals surface area contributed by atoms with Gasteiger partial charge in [0.2, 0.25) is 11.8 Å². The van der Waals surface area contributed by atoms with Crippen LogP contribution in [0.2, 0.25) is 0 Å². The maximum absolute atomic E-state index is 12.6. The van der Waals surface area contributed by atoms with Gasteiger partial charge in [-0.2, -0.15) is 0 Å². The summed E-state index contributed by atoms with van der Waals surface area (Å²) in [6.07, 6.45) is 0.202. The summed E-state index contributed by atoms with van der Waals surface area (Å²) in [5.74, 6) is 1.48. The van der Waals surface area contributed by atoms with Gasteiger partial charge in [-0.1, -0.05) is 30.3 Å². The molecule has 2 aromatic carbocycles. The molecule has 2 aromatic rings. The van der Waals surface area contributed by atoms with E-state index in [9.17, 15) is 9.59 Å². The third-order valence-electron chi connectivity index (χ3n) is 5.19. The van der Waals surface area contributed by atoms with Crippen molar-refractivity contribution in [3.05, 3.63) is 60.2 Å². The molecule has 1 heterocycles. The highest BCUT2D eigenvalue weighted by Crippen LogP contribution is 2.23. The van der Waals surface area contributed by atoms with Crippen molar-refractivity contribution < 1.29 is 14.3 Å². The summed E-state index contributed by atoms with van der Waals surface area (Å²) in [4.78, 5) is 28.9. The van der Waals surface area contributed by atoms with Crippen LogP contribution >= 0.6 is 0 Å². The van der Waals surface area contributed by atoms with Crippen LogP contribution in [0.3, 0.4) is 0 Å². The Kier molecular flexibility index (Phi) is 7.25. The molecular formula is C23H29N3O3. The lowest BCUT2D eigenvalue weighted by atomic mass is 10.1. The standard InChI is InChI=1S/C23H29N3O3/c1-3-25(4-2)22(27)16-21-23(28)24-13-14-26(21)17-18-9-8-12-20(15-18)29-19-10-6-5-7-11-19/h5-12,15,21H,3-4,13-14,16-17H2,1-2H3,(H,24,28)/t21-/m0/s1. The number of ether oxygens (including phenoxy) is 1. The number of amides is 2. The summed E-state index contributed by atoms with van der Waals surface area (Å²) in [7, 11) is 0. The number of nitrogens with one attached hydrogen (secondary N) is 1. The van der Waals surface area contributed by atoms with Crippen LogP contribution in [-0.4, -0.2) is 53.8 Å². The van der Waals surface area contributed by atoms with Crippen LogP contribution in [0.1, 0.15) is 25.8 Å². The number of para-hydroxylation sites is 1. The second-order valence-electron chi connectivity index (χ2n) is 7.11. The van der Waals surface area contributed by atoms with E-state index < -0.39 is 6.04 Å². The molecular weight excluding hydrogens is 366 g/mol. The topological polar surface area (TPSA) is 61.9 Å². The molecule has 1 saturated heterocycles. The monoisotopic (exact) mass is 395 g/mol. The van der Waals surface area contributed by atoms with Crippen molar-refractivity contribution in [3.8, 4) is 11.5 Å². The molecule has 0 bridgehead atoms. The molecule has 6 heteroatoms. The van der Waals surface area contributed by atoms with E-state index in [1.807, 2.05) is 68.4 Å². The Hall–Kier alpha value is -2.86. The summed E-state index contributed by atoms with van der Waals surface area (Å²) in [6.45, 7) is 7.12. The van der Waals surface area contributed by atoms with Crippen LogP contribution in [0.25, 0.3) is 0 Å². The fourth-order valence-corrected chi connectivity index (χ4v) is 3.61. The minimum Gasteiger partial charge on any atom is -0.457 e. The number of hydrogen-bond donors (Lipinski definition) is 1. The van der Waals surface area contributed by atoms with Gasteiger partial charge in [0.1, 0.15) is 11.5 Å². The normalized spacial score (nSPS) is 16.9. The van der Waals surface area contributed by atoms with Crippen molar-refractivity contribution in [2.24, 2.45) is 0 Å². The second-order valence-corrected chi connectivity index (χ2v) is 7.11. The number of carbonyl (C=O) groups is 2. The van der Waals surface area contributed by atoms with Gasteiger partial charge < -0.3 is 15.0 Å². The molecule has 1 N–H and O–H groups in total. The third kappa shape index (κ3) is 5.57.